The Bertz CT molecular complexity index is 352. The molecule has 0 bridgehead atoms. The summed E-state index contributed by atoms with van der Waals surface area (Å²) in [7, 11) is 0. The van der Waals surface area contributed by atoms with Crippen LogP contribution in [0.4, 0.5) is 0 Å². The van der Waals surface area contributed by atoms with Crippen LogP contribution in [0.25, 0.3) is 0 Å². The lowest BCUT2D eigenvalue weighted by molar-refractivity contribution is -0.110. The average molecular weight is 194 g/mol. The zero-order chi connectivity index (χ0) is 9.26. The molecule has 1 atom stereocenters. The van der Waals surface area contributed by atoms with Crippen molar-refractivity contribution in [1.82, 2.24) is 4.90 Å². The molecule has 2 heterocycles. The lowest BCUT2D eigenvalue weighted by Crippen LogP contribution is -2.31. The van der Waals surface area contributed by atoms with Gasteiger partial charge in [-0.05, 0) is 18.2 Å². The Kier molecular flexibility index (Phi) is 2.07. The number of nitrogens with zero attached hydrogens (tertiary/aromatic N) is 1. The van der Waals surface area contributed by atoms with E-state index in [0.717, 1.165) is 12.0 Å². The Morgan fingerprint density at radius 2 is 2.38 bits per heavy atom. The molecule has 2 rings (SSSR count). The summed E-state index contributed by atoms with van der Waals surface area (Å²) < 4.78 is 0. The third-order valence-corrected chi connectivity index (χ3v) is 2.25. The molecule has 1 unspecified atom stereocenters. The van der Waals surface area contributed by atoms with E-state index in [9.17, 15) is 4.79 Å². The first-order chi connectivity index (χ1) is 6.31. The van der Waals surface area contributed by atoms with Gasteiger partial charge < -0.3 is 9.69 Å². The number of rotatable bonds is 1. The Balaban J connectivity index is 2.36. The van der Waals surface area contributed by atoms with Gasteiger partial charge in [-0.3, -0.25) is 0 Å². The number of hydrogen-bond acceptors (Lipinski definition) is 2. The van der Waals surface area contributed by atoms with Gasteiger partial charge in [-0.15, -0.1) is 0 Å². The monoisotopic (exact) mass is 193 g/mol. The fourth-order valence-corrected chi connectivity index (χ4v) is 1.55. The highest BCUT2D eigenvalue weighted by atomic mass is 35.5. The normalized spacial score (nSPS) is 25.0. The molecule has 0 aromatic carbocycles. The topological polar surface area (TPSA) is 20.3 Å². The minimum Gasteiger partial charge on any atom is -0.334 e. The van der Waals surface area contributed by atoms with Crippen LogP contribution in [0.15, 0.2) is 47.3 Å². The average Bonchev–Trinajstić information content (AvgIpc) is 2.16. The third kappa shape index (κ3) is 1.45. The van der Waals surface area contributed by atoms with Crippen LogP contribution in [0.3, 0.4) is 0 Å². The van der Waals surface area contributed by atoms with Gasteiger partial charge in [0, 0.05) is 16.9 Å². The molecule has 0 aliphatic carbocycles. The van der Waals surface area contributed by atoms with E-state index >= 15 is 0 Å². The number of fused-ring (bicyclic) bond motifs is 1. The van der Waals surface area contributed by atoms with E-state index in [0.29, 0.717) is 5.03 Å². The summed E-state index contributed by atoms with van der Waals surface area (Å²) in [6.07, 6.45) is 12.0. The van der Waals surface area contributed by atoms with Crippen molar-refractivity contribution in [1.29, 1.82) is 0 Å². The molecular formula is C10H8ClNO. The summed E-state index contributed by atoms with van der Waals surface area (Å²) in [5.74, 6) is 0. The van der Waals surface area contributed by atoms with Crippen molar-refractivity contribution >= 4 is 17.9 Å². The Hall–Kier alpha value is -1.28. The highest BCUT2D eigenvalue weighted by Crippen LogP contribution is 2.24. The van der Waals surface area contributed by atoms with Crippen molar-refractivity contribution in [3.8, 4) is 0 Å². The molecule has 0 amide bonds. The van der Waals surface area contributed by atoms with E-state index < -0.39 is 0 Å². The molecule has 0 N–H and O–H groups in total. The molecule has 2 nitrogen and oxygen atoms in total. The number of allylic oxidation sites excluding steroid dienone is 5. The van der Waals surface area contributed by atoms with Gasteiger partial charge >= 0.3 is 0 Å². The maximum Gasteiger partial charge on any atom is 0.146 e. The van der Waals surface area contributed by atoms with Crippen molar-refractivity contribution in [2.24, 2.45) is 0 Å². The number of hydrogen-bond donors (Lipinski definition) is 0. The van der Waals surface area contributed by atoms with Crippen LogP contribution < -0.4 is 0 Å². The van der Waals surface area contributed by atoms with Crippen molar-refractivity contribution in [3.63, 3.8) is 0 Å². The quantitative estimate of drug-likeness (QED) is 0.594. The second-order valence-corrected chi connectivity index (χ2v) is 3.29. The second-order valence-electron chi connectivity index (χ2n) is 2.86. The van der Waals surface area contributed by atoms with Crippen LogP contribution >= 0.6 is 11.6 Å². The van der Waals surface area contributed by atoms with Crippen molar-refractivity contribution in [2.75, 3.05) is 0 Å². The summed E-state index contributed by atoms with van der Waals surface area (Å²) in [4.78, 5) is 12.6. The van der Waals surface area contributed by atoms with Crippen LogP contribution in [0, 0.1) is 0 Å². The van der Waals surface area contributed by atoms with Crippen molar-refractivity contribution in [3.05, 3.63) is 47.3 Å². The van der Waals surface area contributed by atoms with Gasteiger partial charge in [-0.25, -0.2) is 0 Å². The van der Waals surface area contributed by atoms with E-state index in [1.54, 1.807) is 6.08 Å². The lowest BCUT2D eigenvalue weighted by atomic mass is 10.1. The van der Waals surface area contributed by atoms with Gasteiger partial charge in [0.2, 0.25) is 0 Å². The molecule has 2 aliphatic rings. The summed E-state index contributed by atoms with van der Waals surface area (Å²) in [5.41, 5.74) is 0.951. The van der Waals surface area contributed by atoms with Crippen molar-refractivity contribution < 1.29 is 4.79 Å². The molecule has 0 radical (unpaired) electrons. The molecule has 0 aromatic rings. The number of carbonyl (C=O) groups is 1. The van der Waals surface area contributed by atoms with E-state index in [-0.39, 0.29) is 6.04 Å². The predicted molar refractivity (Wildman–Crippen MR) is 52.0 cm³/mol. The number of carbonyl (C=O) groups excluding carboxylic acids is 1. The highest BCUT2D eigenvalue weighted by molar-refractivity contribution is 6.31. The molecule has 2 aliphatic heterocycles. The first-order valence-electron chi connectivity index (χ1n) is 3.99. The summed E-state index contributed by atoms with van der Waals surface area (Å²) in [6, 6.07) is -0.197. The maximum atomic E-state index is 10.7. The fraction of sp³-hybridized carbons (Fsp3) is 0.100. The van der Waals surface area contributed by atoms with Crippen molar-refractivity contribution in [2.45, 2.75) is 6.04 Å². The molecular weight excluding hydrogens is 186 g/mol. The number of aldehydes is 1. The van der Waals surface area contributed by atoms with Crippen LogP contribution in [-0.4, -0.2) is 17.2 Å². The smallest absolute Gasteiger partial charge is 0.146 e. The zero-order valence-corrected chi connectivity index (χ0v) is 7.61. The molecule has 0 saturated heterocycles. The van der Waals surface area contributed by atoms with Crippen LogP contribution in [0.5, 0.6) is 0 Å². The van der Waals surface area contributed by atoms with E-state index in [1.807, 2.05) is 35.4 Å². The van der Waals surface area contributed by atoms with Gasteiger partial charge in [-0.2, -0.15) is 0 Å². The first kappa shape index (κ1) is 8.32. The molecule has 0 spiro atoms. The largest absolute Gasteiger partial charge is 0.334 e. The second kappa shape index (κ2) is 3.23. The van der Waals surface area contributed by atoms with Gasteiger partial charge in [0.1, 0.15) is 12.3 Å². The lowest BCUT2D eigenvalue weighted by Gasteiger charge is -2.29. The minimum atomic E-state index is -0.197. The van der Waals surface area contributed by atoms with E-state index in [4.69, 9.17) is 11.6 Å². The Morgan fingerprint density at radius 3 is 3.15 bits per heavy atom. The molecule has 66 valence electrons. The summed E-state index contributed by atoms with van der Waals surface area (Å²) in [6.45, 7) is 0. The third-order valence-electron chi connectivity index (χ3n) is 2.01. The first-order valence-corrected chi connectivity index (χ1v) is 4.36. The Labute approximate surface area is 81.5 Å². The van der Waals surface area contributed by atoms with Crippen LogP contribution in [0.1, 0.15) is 0 Å². The van der Waals surface area contributed by atoms with Crippen LogP contribution in [0.2, 0.25) is 0 Å². The zero-order valence-electron chi connectivity index (χ0n) is 6.85. The van der Waals surface area contributed by atoms with Gasteiger partial charge in [0.15, 0.2) is 0 Å². The van der Waals surface area contributed by atoms with Gasteiger partial charge in [0.25, 0.3) is 0 Å². The molecule has 0 fully saturated rings. The summed E-state index contributed by atoms with van der Waals surface area (Å²) in [5, 5.41) is 0.683. The fourth-order valence-electron chi connectivity index (χ4n) is 1.38. The SMILES string of the molecule is O=CC1C=CC=C2C=C(Cl)C=CN21. The van der Waals surface area contributed by atoms with Crippen LogP contribution in [-0.2, 0) is 4.79 Å². The predicted octanol–water partition coefficient (Wildman–Crippen LogP) is 1.96. The number of halogens is 1. The molecule has 0 saturated carbocycles. The van der Waals surface area contributed by atoms with E-state index in [1.165, 1.54) is 0 Å². The maximum absolute atomic E-state index is 10.7. The van der Waals surface area contributed by atoms with Gasteiger partial charge in [0.05, 0.1) is 0 Å². The Morgan fingerprint density at radius 1 is 1.54 bits per heavy atom. The molecule has 0 aromatic heterocycles. The molecule has 13 heavy (non-hydrogen) atoms. The highest BCUT2D eigenvalue weighted by Gasteiger charge is 2.19. The minimum absolute atomic E-state index is 0.197. The standard InChI is InChI=1S/C10H8ClNO/c11-8-4-5-12-9(6-8)2-1-3-10(12)7-13/h1-7,10H. The summed E-state index contributed by atoms with van der Waals surface area (Å²) >= 11 is 5.82. The molecule has 3 heteroatoms. The van der Waals surface area contributed by atoms with E-state index in [2.05, 4.69) is 0 Å². The van der Waals surface area contributed by atoms with Gasteiger partial charge in [-0.1, -0.05) is 23.8 Å².